The first kappa shape index (κ1) is 19.1. The molecule has 0 saturated carbocycles. The van der Waals surface area contributed by atoms with E-state index in [-0.39, 0.29) is 5.75 Å². The first-order valence-electron chi connectivity index (χ1n) is 7.02. The molecule has 1 aromatic carbocycles. The Morgan fingerprint density at radius 1 is 1.44 bits per heavy atom. The molecule has 134 valence electrons. The van der Waals surface area contributed by atoms with Crippen LogP contribution in [0.15, 0.2) is 18.2 Å². The molecule has 0 spiro atoms. The number of thioether (sulfide) groups is 1. The molecular formula is C15H12F4N2O3S. The van der Waals surface area contributed by atoms with Gasteiger partial charge in [-0.15, -0.1) is 11.8 Å². The lowest BCUT2D eigenvalue weighted by molar-refractivity contribution is -0.192. The second kappa shape index (κ2) is 7.31. The highest BCUT2D eigenvalue weighted by atomic mass is 32.2. The van der Waals surface area contributed by atoms with Gasteiger partial charge in [-0.25, -0.2) is 9.18 Å². The lowest BCUT2D eigenvalue weighted by Gasteiger charge is -2.35. The van der Waals surface area contributed by atoms with Gasteiger partial charge in [-0.05, 0) is 17.7 Å². The van der Waals surface area contributed by atoms with Gasteiger partial charge in [-0.3, -0.25) is 4.79 Å². The molecule has 0 aromatic heterocycles. The van der Waals surface area contributed by atoms with Crippen molar-refractivity contribution in [2.24, 2.45) is 11.8 Å². The molecule has 0 aliphatic carbocycles. The number of carbonyl (C=O) groups excluding carboxylic acids is 1. The van der Waals surface area contributed by atoms with E-state index in [4.69, 9.17) is 10.4 Å². The number of aromatic carboxylic acids is 1. The summed E-state index contributed by atoms with van der Waals surface area (Å²) >= 11 is 0.863. The summed E-state index contributed by atoms with van der Waals surface area (Å²) < 4.78 is 52.4. The van der Waals surface area contributed by atoms with Crippen molar-refractivity contribution in [1.29, 1.82) is 5.26 Å². The Kier molecular flexibility index (Phi) is 5.57. The van der Waals surface area contributed by atoms with Gasteiger partial charge in [-0.1, -0.05) is 6.07 Å². The monoisotopic (exact) mass is 376 g/mol. The maximum atomic E-state index is 13.4. The van der Waals surface area contributed by atoms with Crippen molar-refractivity contribution >= 4 is 23.6 Å². The Labute approximate surface area is 144 Å². The van der Waals surface area contributed by atoms with E-state index in [1.807, 2.05) is 0 Å². The minimum atomic E-state index is -4.68. The van der Waals surface area contributed by atoms with E-state index in [2.05, 4.69) is 5.32 Å². The van der Waals surface area contributed by atoms with Gasteiger partial charge in [0, 0.05) is 12.2 Å². The molecule has 3 atom stereocenters. The number of halogens is 4. The summed E-state index contributed by atoms with van der Waals surface area (Å²) in [6.07, 6.45) is -5.48. The predicted octanol–water partition coefficient (Wildman–Crippen LogP) is 2.92. The Bertz CT molecular complexity index is 732. The lowest BCUT2D eigenvalue weighted by Crippen LogP contribution is -2.51. The van der Waals surface area contributed by atoms with Gasteiger partial charge in [0.2, 0.25) is 5.91 Å². The molecule has 0 bridgehead atoms. The van der Waals surface area contributed by atoms with E-state index in [1.165, 1.54) is 6.07 Å². The number of alkyl halides is 3. The number of hydrogen-bond donors (Lipinski definition) is 2. The summed E-state index contributed by atoms with van der Waals surface area (Å²) in [5.41, 5.74) is -0.209. The Morgan fingerprint density at radius 3 is 2.68 bits per heavy atom. The number of nitriles is 1. The summed E-state index contributed by atoms with van der Waals surface area (Å²) in [6, 6.07) is 4.90. The van der Waals surface area contributed by atoms with Crippen molar-refractivity contribution in [3.05, 3.63) is 35.1 Å². The number of rotatable bonds is 4. The lowest BCUT2D eigenvalue weighted by atomic mass is 9.86. The van der Waals surface area contributed by atoms with Crippen molar-refractivity contribution in [1.82, 2.24) is 5.32 Å². The largest absolute Gasteiger partial charge is 0.478 e. The zero-order chi connectivity index (χ0) is 18.8. The summed E-state index contributed by atoms with van der Waals surface area (Å²) in [5, 5.41) is 19.2. The number of carboxylic acid groups (broad SMARTS) is 1. The van der Waals surface area contributed by atoms with Gasteiger partial charge in [0.05, 0.1) is 28.8 Å². The van der Waals surface area contributed by atoms with Crippen LogP contribution in [-0.4, -0.2) is 28.5 Å². The average Bonchev–Trinajstić information content (AvgIpc) is 2.52. The molecule has 25 heavy (non-hydrogen) atoms. The molecule has 1 heterocycles. The molecule has 2 N–H and O–H groups in total. The number of carbonyl (C=O) groups is 2. The number of hydrogen-bond acceptors (Lipinski definition) is 4. The fraction of sp³-hybridized carbons (Fsp3) is 0.400. The highest BCUT2D eigenvalue weighted by molar-refractivity contribution is 7.99. The van der Waals surface area contributed by atoms with E-state index in [0.29, 0.717) is 5.56 Å². The summed E-state index contributed by atoms with van der Waals surface area (Å²) in [7, 11) is 0. The molecule has 3 unspecified atom stereocenters. The number of nitrogens with zero attached hydrogens (tertiary/aromatic N) is 1. The van der Waals surface area contributed by atoms with Crippen LogP contribution in [0.3, 0.4) is 0 Å². The minimum absolute atomic E-state index is 0.00820. The maximum Gasteiger partial charge on any atom is 0.393 e. The first-order valence-corrected chi connectivity index (χ1v) is 8.07. The van der Waals surface area contributed by atoms with E-state index in [1.54, 1.807) is 6.07 Å². The highest BCUT2D eigenvalue weighted by Crippen LogP contribution is 2.41. The highest BCUT2D eigenvalue weighted by Gasteiger charge is 2.51. The van der Waals surface area contributed by atoms with Crippen molar-refractivity contribution in [3.63, 3.8) is 0 Å². The average molecular weight is 376 g/mol. The van der Waals surface area contributed by atoms with Gasteiger partial charge < -0.3 is 10.4 Å². The number of piperidine rings is 1. The van der Waals surface area contributed by atoms with E-state index in [9.17, 15) is 27.2 Å². The molecule has 1 amide bonds. The maximum absolute atomic E-state index is 13.4. The molecule has 2 rings (SSSR count). The molecule has 1 fully saturated rings. The van der Waals surface area contributed by atoms with Crippen LogP contribution in [0.5, 0.6) is 0 Å². The fourth-order valence-electron chi connectivity index (χ4n) is 2.48. The van der Waals surface area contributed by atoms with Crippen molar-refractivity contribution in [2.75, 3.05) is 0 Å². The second-order valence-electron chi connectivity index (χ2n) is 5.43. The zero-order valence-electron chi connectivity index (χ0n) is 12.5. The topological polar surface area (TPSA) is 90.2 Å². The standard InChI is InChI=1S/C15H12F4N2O3S/c16-11-2-1-7(3-8(11)14(23)24)6-25-13-9(5-20)10(15(17,18)19)4-12(22)21-13/h1-3,9-10,13H,4,6H2,(H,21,22)(H,23,24). The molecule has 1 aliphatic rings. The molecule has 0 radical (unpaired) electrons. The van der Waals surface area contributed by atoms with Crippen molar-refractivity contribution < 1.29 is 32.3 Å². The minimum Gasteiger partial charge on any atom is -0.478 e. The third kappa shape index (κ3) is 4.42. The van der Waals surface area contributed by atoms with Gasteiger partial charge >= 0.3 is 12.1 Å². The van der Waals surface area contributed by atoms with Crippen LogP contribution < -0.4 is 5.32 Å². The fourth-order valence-corrected chi connectivity index (χ4v) is 3.70. The third-order valence-corrected chi connectivity index (χ3v) is 5.00. The number of benzene rings is 1. The van der Waals surface area contributed by atoms with Crippen LogP contribution in [0.1, 0.15) is 22.3 Å². The number of nitrogens with one attached hydrogen (secondary N) is 1. The van der Waals surface area contributed by atoms with E-state index >= 15 is 0 Å². The van der Waals surface area contributed by atoms with E-state index in [0.717, 1.165) is 23.9 Å². The van der Waals surface area contributed by atoms with Crippen LogP contribution >= 0.6 is 11.8 Å². The van der Waals surface area contributed by atoms with Crippen LogP contribution in [0.4, 0.5) is 17.6 Å². The third-order valence-electron chi connectivity index (χ3n) is 3.73. The quantitative estimate of drug-likeness (QED) is 0.789. The van der Waals surface area contributed by atoms with Gasteiger partial charge in [0.1, 0.15) is 5.82 Å². The molecule has 1 aromatic rings. The van der Waals surface area contributed by atoms with Gasteiger partial charge in [0.15, 0.2) is 0 Å². The summed E-state index contributed by atoms with van der Waals surface area (Å²) in [4.78, 5) is 22.4. The smallest absolute Gasteiger partial charge is 0.393 e. The SMILES string of the molecule is N#CC1C(SCc2ccc(F)c(C(=O)O)c2)NC(=O)CC1C(F)(F)F. The van der Waals surface area contributed by atoms with Crippen LogP contribution in [0, 0.1) is 29.0 Å². The molecular weight excluding hydrogens is 364 g/mol. The first-order chi connectivity index (χ1) is 11.6. The van der Waals surface area contributed by atoms with Crippen LogP contribution in [0.2, 0.25) is 0 Å². The Hall–Kier alpha value is -2.28. The molecule has 1 aliphatic heterocycles. The Morgan fingerprint density at radius 2 is 2.12 bits per heavy atom. The molecule has 5 nitrogen and oxygen atoms in total. The van der Waals surface area contributed by atoms with Gasteiger partial charge in [0.25, 0.3) is 0 Å². The summed E-state index contributed by atoms with van der Waals surface area (Å²) in [6.45, 7) is 0. The van der Waals surface area contributed by atoms with Crippen LogP contribution in [0.25, 0.3) is 0 Å². The predicted molar refractivity (Wildman–Crippen MR) is 79.9 cm³/mol. The van der Waals surface area contributed by atoms with E-state index < -0.39 is 53.1 Å². The number of amides is 1. The van der Waals surface area contributed by atoms with Crippen molar-refractivity contribution in [2.45, 2.75) is 23.7 Å². The molecule has 10 heteroatoms. The molecule has 1 saturated heterocycles. The van der Waals surface area contributed by atoms with Gasteiger partial charge in [-0.2, -0.15) is 18.4 Å². The Balaban J connectivity index is 2.16. The van der Waals surface area contributed by atoms with Crippen molar-refractivity contribution in [3.8, 4) is 6.07 Å². The summed E-state index contributed by atoms with van der Waals surface area (Å²) in [5.74, 6) is -6.74. The van der Waals surface area contributed by atoms with Crippen LogP contribution in [-0.2, 0) is 10.5 Å². The second-order valence-corrected chi connectivity index (χ2v) is 6.56. The number of carboxylic acids is 1. The zero-order valence-corrected chi connectivity index (χ0v) is 13.3. The normalized spacial score (nSPS) is 23.6.